The van der Waals surface area contributed by atoms with E-state index in [1.54, 1.807) is 0 Å². The number of hydrogen-bond acceptors (Lipinski definition) is 4. The summed E-state index contributed by atoms with van der Waals surface area (Å²) in [4.78, 5) is 2.08. The van der Waals surface area contributed by atoms with Crippen molar-refractivity contribution >= 4 is 15.7 Å². The molecule has 21 heavy (non-hydrogen) atoms. The molecule has 118 valence electrons. The van der Waals surface area contributed by atoms with Crippen LogP contribution >= 0.6 is 0 Å². The summed E-state index contributed by atoms with van der Waals surface area (Å²) in [7, 11) is -0.165. The molecule has 1 heterocycles. The molecule has 0 aliphatic carbocycles. The van der Waals surface area contributed by atoms with Crippen LogP contribution in [0.2, 0.25) is 0 Å². The Morgan fingerprint density at radius 3 is 2.62 bits per heavy atom. The van der Waals surface area contributed by atoms with Crippen LogP contribution in [0.25, 0.3) is 0 Å². The number of hydrogen-bond donors (Lipinski definition) is 1. The number of anilines is 1. The molecule has 1 saturated heterocycles. The van der Waals surface area contributed by atoms with Crippen LogP contribution in [-0.2, 0) is 10.0 Å². The second-order valence-electron chi connectivity index (χ2n) is 5.71. The van der Waals surface area contributed by atoms with Crippen molar-refractivity contribution in [1.29, 1.82) is 0 Å². The van der Waals surface area contributed by atoms with Crippen LogP contribution in [0.1, 0.15) is 12.8 Å². The summed E-state index contributed by atoms with van der Waals surface area (Å²) >= 11 is 0. The van der Waals surface area contributed by atoms with Crippen molar-refractivity contribution in [3.05, 3.63) is 24.0 Å². The molecule has 1 aromatic carbocycles. The van der Waals surface area contributed by atoms with Crippen LogP contribution in [0.5, 0.6) is 0 Å². The minimum atomic E-state index is -3.75. The van der Waals surface area contributed by atoms with Gasteiger partial charge < -0.3 is 10.6 Å². The van der Waals surface area contributed by atoms with Gasteiger partial charge in [0.1, 0.15) is 10.7 Å². The Labute approximate surface area is 125 Å². The summed E-state index contributed by atoms with van der Waals surface area (Å²) in [6.07, 6.45) is 1.93. The molecule has 0 atom stereocenters. The highest BCUT2D eigenvalue weighted by Gasteiger charge is 2.27. The number of halogens is 1. The van der Waals surface area contributed by atoms with Gasteiger partial charge in [-0.15, -0.1) is 0 Å². The molecular formula is C14H22FN3O2S. The molecule has 7 heteroatoms. The van der Waals surface area contributed by atoms with E-state index >= 15 is 0 Å². The van der Waals surface area contributed by atoms with E-state index in [0.717, 1.165) is 38.1 Å². The molecule has 5 nitrogen and oxygen atoms in total. The highest BCUT2D eigenvalue weighted by atomic mass is 32.2. The Kier molecular flexibility index (Phi) is 4.85. The van der Waals surface area contributed by atoms with E-state index in [0.29, 0.717) is 12.5 Å². The standard InChI is InChI=1S/C14H22FN3O2S/c1-17-7-5-11(6-8-17)10-18(2)21(19,20)14-9-12(15)3-4-13(14)16/h3-4,9,11H,5-8,10,16H2,1-2H3. The average Bonchev–Trinajstić information content (AvgIpc) is 2.43. The summed E-state index contributed by atoms with van der Waals surface area (Å²) in [5, 5.41) is 0. The lowest BCUT2D eigenvalue weighted by Crippen LogP contribution is -2.38. The maximum Gasteiger partial charge on any atom is 0.244 e. The van der Waals surface area contributed by atoms with Gasteiger partial charge in [0.25, 0.3) is 0 Å². The van der Waals surface area contributed by atoms with Crippen molar-refractivity contribution in [3.8, 4) is 0 Å². The molecule has 0 aromatic heterocycles. The third kappa shape index (κ3) is 3.72. The van der Waals surface area contributed by atoms with E-state index in [4.69, 9.17) is 5.73 Å². The first-order chi connectivity index (χ1) is 9.80. The fraction of sp³-hybridized carbons (Fsp3) is 0.571. The molecule has 0 bridgehead atoms. The third-order valence-electron chi connectivity index (χ3n) is 4.02. The van der Waals surface area contributed by atoms with Crippen LogP contribution in [-0.4, -0.2) is 51.4 Å². The summed E-state index contributed by atoms with van der Waals surface area (Å²) in [5.74, 6) is -0.272. The molecule has 1 fully saturated rings. The van der Waals surface area contributed by atoms with Gasteiger partial charge in [-0.3, -0.25) is 0 Å². The summed E-state index contributed by atoms with van der Waals surface area (Å²) in [6.45, 7) is 2.38. The Bertz CT molecular complexity index is 598. The van der Waals surface area contributed by atoms with E-state index in [9.17, 15) is 12.8 Å². The van der Waals surface area contributed by atoms with Crippen molar-refractivity contribution in [2.45, 2.75) is 17.7 Å². The Morgan fingerprint density at radius 2 is 2.00 bits per heavy atom. The summed E-state index contributed by atoms with van der Waals surface area (Å²) in [5.41, 5.74) is 5.76. The number of likely N-dealkylation sites (tertiary alicyclic amines) is 1. The smallest absolute Gasteiger partial charge is 0.244 e. The molecular weight excluding hydrogens is 293 g/mol. The lowest BCUT2D eigenvalue weighted by Gasteiger charge is -2.31. The zero-order valence-corrected chi connectivity index (χ0v) is 13.2. The van der Waals surface area contributed by atoms with Gasteiger partial charge in [0, 0.05) is 13.6 Å². The molecule has 1 aliphatic rings. The number of benzene rings is 1. The highest BCUT2D eigenvalue weighted by Crippen LogP contribution is 2.25. The van der Waals surface area contributed by atoms with Gasteiger partial charge in [0.05, 0.1) is 5.69 Å². The van der Waals surface area contributed by atoms with Crippen molar-refractivity contribution < 1.29 is 12.8 Å². The van der Waals surface area contributed by atoms with E-state index in [-0.39, 0.29) is 10.6 Å². The van der Waals surface area contributed by atoms with E-state index in [2.05, 4.69) is 11.9 Å². The predicted octanol–water partition coefficient (Wildman–Crippen LogP) is 1.37. The minimum Gasteiger partial charge on any atom is -0.398 e. The number of nitrogen functional groups attached to an aromatic ring is 1. The van der Waals surface area contributed by atoms with Gasteiger partial charge in [-0.1, -0.05) is 0 Å². The van der Waals surface area contributed by atoms with Crippen molar-refractivity contribution in [2.24, 2.45) is 5.92 Å². The fourth-order valence-electron chi connectivity index (χ4n) is 2.61. The second-order valence-corrected chi connectivity index (χ2v) is 7.73. The Hall–Kier alpha value is -1.18. The van der Waals surface area contributed by atoms with Gasteiger partial charge in [-0.2, -0.15) is 0 Å². The maximum atomic E-state index is 13.3. The van der Waals surface area contributed by atoms with E-state index in [1.807, 2.05) is 0 Å². The summed E-state index contributed by atoms with van der Waals surface area (Å²) in [6, 6.07) is 3.42. The SMILES string of the molecule is CN1CCC(CN(C)S(=O)(=O)c2cc(F)ccc2N)CC1. The zero-order chi connectivity index (χ0) is 15.6. The first-order valence-electron chi connectivity index (χ1n) is 7.00. The Morgan fingerprint density at radius 1 is 1.38 bits per heavy atom. The molecule has 1 aromatic rings. The van der Waals surface area contributed by atoms with Crippen LogP contribution in [0.4, 0.5) is 10.1 Å². The quantitative estimate of drug-likeness (QED) is 0.852. The van der Waals surface area contributed by atoms with Crippen LogP contribution < -0.4 is 5.73 Å². The van der Waals surface area contributed by atoms with Crippen molar-refractivity contribution in [2.75, 3.05) is 39.5 Å². The molecule has 0 radical (unpaired) electrons. The average molecular weight is 315 g/mol. The lowest BCUT2D eigenvalue weighted by molar-refractivity contribution is 0.202. The first kappa shape index (κ1) is 16.2. The maximum absolute atomic E-state index is 13.3. The van der Waals surface area contributed by atoms with Crippen LogP contribution in [0, 0.1) is 11.7 Å². The summed E-state index contributed by atoms with van der Waals surface area (Å²) < 4.78 is 39.6. The highest BCUT2D eigenvalue weighted by molar-refractivity contribution is 7.89. The van der Waals surface area contributed by atoms with Gasteiger partial charge in [-0.05, 0) is 57.1 Å². The van der Waals surface area contributed by atoms with Gasteiger partial charge >= 0.3 is 0 Å². The minimum absolute atomic E-state index is 0.0756. The number of piperidine rings is 1. The van der Waals surface area contributed by atoms with E-state index in [1.165, 1.54) is 17.4 Å². The molecule has 0 amide bonds. The number of nitrogens with two attached hydrogens (primary N) is 1. The second kappa shape index (κ2) is 6.29. The van der Waals surface area contributed by atoms with Gasteiger partial charge in [0.15, 0.2) is 0 Å². The zero-order valence-electron chi connectivity index (χ0n) is 12.4. The Balaban J connectivity index is 2.13. The monoisotopic (exact) mass is 315 g/mol. The normalized spacial score (nSPS) is 18.3. The van der Waals surface area contributed by atoms with Crippen molar-refractivity contribution in [1.82, 2.24) is 9.21 Å². The molecule has 2 N–H and O–H groups in total. The number of nitrogens with zero attached hydrogens (tertiary/aromatic N) is 2. The molecule has 1 aliphatic heterocycles. The molecule has 0 unspecified atom stereocenters. The van der Waals surface area contributed by atoms with E-state index < -0.39 is 15.8 Å². The van der Waals surface area contributed by atoms with Crippen LogP contribution in [0.3, 0.4) is 0 Å². The number of sulfonamides is 1. The molecule has 0 spiro atoms. The largest absolute Gasteiger partial charge is 0.398 e. The molecule has 0 saturated carbocycles. The van der Waals surface area contributed by atoms with Gasteiger partial charge in [0.2, 0.25) is 10.0 Å². The fourth-order valence-corrected chi connectivity index (χ4v) is 3.98. The lowest BCUT2D eigenvalue weighted by atomic mass is 9.97. The van der Waals surface area contributed by atoms with Crippen molar-refractivity contribution in [3.63, 3.8) is 0 Å². The predicted molar refractivity (Wildman–Crippen MR) is 80.8 cm³/mol. The first-order valence-corrected chi connectivity index (χ1v) is 8.44. The van der Waals surface area contributed by atoms with Gasteiger partial charge in [-0.25, -0.2) is 17.1 Å². The third-order valence-corrected chi connectivity index (χ3v) is 5.90. The number of rotatable bonds is 4. The topological polar surface area (TPSA) is 66.6 Å². The van der Waals surface area contributed by atoms with Crippen LogP contribution in [0.15, 0.2) is 23.1 Å². The molecule has 2 rings (SSSR count).